The third kappa shape index (κ3) is 3.59. The van der Waals surface area contributed by atoms with Crippen molar-refractivity contribution in [2.75, 3.05) is 6.54 Å². The van der Waals surface area contributed by atoms with Crippen molar-refractivity contribution >= 4 is 8.07 Å². The maximum absolute atomic E-state index is 3.45. The highest BCUT2D eigenvalue weighted by Gasteiger charge is 2.35. The van der Waals surface area contributed by atoms with Crippen LogP contribution in [0.1, 0.15) is 49.3 Å². The van der Waals surface area contributed by atoms with Gasteiger partial charge in [0.15, 0.2) is 0 Å². The number of rotatable bonds is 1. The topological polar surface area (TPSA) is 3.24 Å². The zero-order chi connectivity index (χ0) is 14.9. The Balaban J connectivity index is 1.73. The minimum atomic E-state index is -1.27. The minimum Gasteiger partial charge on any atom is -0.293 e. The van der Waals surface area contributed by atoms with Gasteiger partial charge >= 0.3 is 0 Å². The van der Waals surface area contributed by atoms with Crippen molar-refractivity contribution in [2.24, 2.45) is 0 Å². The standard InChI is InChI=1S/C19H27NSi/c1-21(2,3)15-13-16-7-9-17(10-8-16)19-12-11-18-6-4-5-14-20(18)19/h7-10,18-19H,4-6,11-12,14H2,1-3H3/t18-,19-/m1/s1. The number of hydrogen-bond donors (Lipinski definition) is 0. The summed E-state index contributed by atoms with van der Waals surface area (Å²) in [5.74, 6) is 3.36. The Hall–Kier alpha value is -1.04. The first-order valence-corrected chi connectivity index (χ1v) is 11.9. The van der Waals surface area contributed by atoms with Gasteiger partial charge < -0.3 is 0 Å². The van der Waals surface area contributed by atoms with Gasteiger partial charge in [0, 0.05) is 17.6 Å². The molecule has 0 radical (unpaired) electrons. The average Bonchev–Trinajstić information content (AvgIpc) is 2.89. The Morgan fingerprint density at radius 2 is 1.76 bits per heavy atom. The summed E-state index contributed by atoms with van der Waals surface area (Å²) in [6.07, 6.45) is 6.95. The van der Waals surface area contributed by atoms with Crippen molar-refractivity contribution in [1.82, 2.24) is 4.90 Å². The smallest absolute Gasteiger partial charge is 0.129 e. The van der Waals surface area contributed by atoms with E-state index < -0.39 is 8.07 Å². The van der Waals surface area contributed by atoms with Gasteiger partial charge in [-0.3, -0.25) is 4.90 Å². The van der Waals surface area contributed by atoms with E-state index in [0.717, 1.165) is 6.04 Å². The first-order valence-electron chi connectivity index (χ1n) is 8.42. The van der Waals surface area contributed by atoms with E-state index in [1.54, 1.807) is 0 Å². The molecule has 1 nitrogen and oxygen atoms in total. The molecular weight excluding hydrogens is 270 g/mol. The summed E-state index contributed by atoms with van der Waals surface area (Å²) in [4.78, 5) is 2.76. The lowest BCUT2D eigenvalue weighted by Crippen LogP contribution is -2.35. The van der Waals surface area contributed by atoms with Crippen molar-refractivity contribution in [2.45, 2.75) is 63.8 Å². The molecule has 2 atom stereocenters. The lowest BCUT2D eigenvalue weighted by Gasteiger charge is -2.34. The van der Waals surface area contributed by atoms with Crippen LogP contribution in [0.3, 0.4) is 0 Å². The summed E-state index contributed by atoms with van der Waals surface area (Å²) < 4.78 is 0. The third-order valence-corrected chi connectivity index (χ3v) is 5.60. The maximum Gasteiger partial charge on any atom is 0.129 e. The van der Waals surface area contributed by atoms with E-state index in [4.69, 9.17) is 0 Å². The Morgan fingerprint density at radius 3 is 2.48 bits per heavy atom. The summed E-state index contributed by atoms with van der Waals surface area (Å²) in [5, 5.41) is 0. The van der Waals surface area contributed by atoms with Crippen molar-refractivity contribution in [3.8, 4) is 11.5 Å². The second-order valence-corrected chi connectivity index (χ2v) is 12.4. The first-order chi connectivity index (χ1) is 10.0. The zero-order valence-electron chi connectivity index (χ0n) is 13.7. The van der Waals surface area contributed by atoms with Gasteiger partial charge in [-0.2, -0.15) is 0 Å². The molecule has 2 saturated heterocycles. The van der Waals surface area contributed by atoms with E-state index in [1.165, 1.54) is 49.8 Å². The summed E-state index contributed by atoms with van der Waals surface area (Å²) in [6.45, 7) is 8.18. The fraction of sp³-hybridized carbons (Fsp3) is 0.579. The fourth-order valence-electron chi connectivity index (χ4n) is 3.67. The Bertz CT molecular complexity index is 544. The van der Waals surface area contributed by atoms with Gasteiger partial charge in [-0.15, -0.1) is 5.54 Å². The van der Waals surface area contributed by atoms with E-state index in [2.05, 4.69) is 60.3 Å². The lowest BCUT2D eigenvalue weighted by molar-refractivity contribution is 0.150. The van der Waals surface area contributed by atoms with Crippen LogP contribution >= 0.6 is 0 Å². The van der Waals surface area contributed by atoms with Crippen molar-refractivity contribution in [1.29, 1.82) is 0 Å². The summed E-state index contributed by atoms with van der Waals surface area (Å²) in [5.41, 5.74) is 6.12. The number of fused-ring (bicyclic) bond motifs is 1. The minimum absolute atomic E-state index is 0.661. The van der Waals surface area contributed by atoms with Crippen LogP contribution < -0.4 is 0 Å². The summed E-state index contributed by atoms with van der Waals surface area (Å²) in [7, 11) is -1.27. The second-order valence-electron chi connectivity index (χ2n) is 7.60. The normalized spacial score (nSPS) is 26.0. The SMILES string of the molecule is C[Si](C)(C)C#Cc1ccc([C@H]2CC[C@H]3CCCCN32)cc1. The Kier molecular flexibility index (Phi) is 4.24. The molecule has 0 aromatic heterocycles. The molecule has 2 aliphatic heterocycles. The predicted octanol–water partition coefficient (Wildman–Crippen LogP) is 4.60. The molecule has 0 aliphatic carbocycles. The van der Waals surface area contributed by atoms with Crippen LogP contribution in [0, 0.1) is 11.5 Å². The Morgan fingerprint density at radius 1 is 1.00 bits per heavy atom. The van der Waals surface area contributed by atoms with Crippen LogP contribution in [0.4, 0.5) is 0 Å². The van der Waals surface area contributed by atoms with Gasteiger partial charge in [0.05, 0.1) is 0 Å². The van der Waals surface area contributed by atoms with Crippen molar-refractivity contribution < 1.29 is 0 Å². The molecule has 1 aromatic rings. The van der Waals surface area contributed by atoms with E-state index in [-0.39, 0.29) is 0 Å². The molecule has 0 amide bonds. The van der Waals surface area contributed by atoms with Crippen LogP contribution in [0.15, 0.2) is 24.3 Å². The van der Waals surface area contributed by atoms with Crippen LogP contribution in [0.2, 0.25) is 19.6 Å². The highest BCUT2D eigenvalue weighted by atomic mass is 28.3. The molecule has 0 N–H and O–H groups in total. The number of benzene rings is 1. The molecule has 1 aromatic carbocycles. The van der Waals surface area contributed by atoms with Gasteiger partial charge in [0.1, 0.15) is 8.07 Å². The molecule has 2 heteroatoms. The monoisotopic (exact) mass is 297 g/mol. The van der Waals surface area contributed by atoms with Gasteiger partial charge in [0.25, 0.3) is 0 Å². The van der Waals surface area contributed by atoms with Crippen molar-refractivity contribution in [3.63, 3.8) is 0 Å². The number of piperidine rings is 1. The number of hydrogen-bond acceptors (Lipinski definition) is 1. The molecule has 0 spiro atoms. The molecule has 0 saturated carbocycles. The number of nitrogens with zero attached hydrogens (tertiary/aromatic N) is 1. The fourth-order valence-corrected chi connectivity index (χ4v) is 4.19. The van der Waals surface area contributed by atoms with E-state index in [9.17, 15) is 0 Å². The van der Waals surface area contributed by atoms with Crippen LogP contribution in [0.5, 0.6) is 0 Å². The van der Waals surface area contributed by atoms with Crippen molar-refractivity contribution in [3.05, 3.63) is 35.4 Å². The zero-order valence-corrected chi connectivity index (χ0v) is 14.7. The van der Waals surface area contributed by atoms with Gasteiger partial charge in [-0.1, -0.05) is 44.1 Å². The first kappa shape index (κ1) is 14.9. The quantitative estimate of drug-likeness (QED) is 0.541. The van der Waals surface area contributed by atoms with Crippen LogP contribution in [0.25, 0.3) is 0 Å². The van der Waals surface area contributed by atoms with E-state index in [1.807, 2.05) is 0 Å². The molecule has 0 unspecified atom stereocenters. The molecule has 21 heavy (non-hydrogen) atoms. The summed E-state index contributed by atoms with van der Waals surface area (Å²) >= 11 is 0. The van der Waals surface area contributed by atoms with Gasteiger partial charge in [0.2, 0.25) is 0 Å². The van der Waals surface area contributed by atoms with Crippen LogP contribution in [-0.4, -0.2) is 25.6 Å². The average molecular weight is 298 g/mol. The van der Waals surface area contributed by atoms with Gasteiger partial charge in [-0.05, 0) is 49.9 Å². The predicted molar refractivity (Wildman–Crippen MR) is 93.0 cm³/mol. The third-order valence-electron chi connectivity index (χ3n) is 4.72. The molecule has 112 valence electrons. The molecule has 2 aliphatic rings. The van der Waals surface area contributed by atoms with E-state index >= 15 is 0 Å². The lowest BCUT2D eigenvalue weighted by atomic mass is 10.0. The van der Waals surface area contributed by atoms with E-state index in [0.29, 0.717) is 6.04 Å². The highest BCUT2D eigenvalue weighted by molar-refractivity contribution is 6.83. The maximum atomic E-state index is 3.45. The largest absolute Gasteiger partial charge is 0.293 e. The highest BCUT2D eigenvalue weighted by Crippen LogP contribution is 2.40. The molecular formula is C19H27NSi. The van der Waals surface area contributed by atoms with Gasteiger partial charge in [-0.25, -0.2) is 0 Å². The molecule has 2 fully saturated rings. The second kappa shape index (κ2) is 5.99. The summed E-state index contributed by atoms with van der Waals surface area (Å²) in [6, 6.07) is 10.6. The van der Waals surface area contributed by atoms with Crippen LogP contribution in [-0.2, 0) is 0 Å². The molecule has 0 bridgehead atoms. The molecule has 3 rings (SSSR count). The Labute approximate surface area is 130 Å². The molecule has 2 heterocycles.